The Balaban J connectivity index is 2.47. The van der Waals surface area contributed by atoms with Crippen molar-refractivity contribution in [2.45, 2.75) is 53.1 Å². The number of hydrogen-bond donors (Lipinski definition) is 1. The van der Waals surface area contributed by atoms with E-state index < -0.39 is 0 Å². The fourth-order valence-corrected chi connectivity index (χ4v) is 2.48. The van der Waals surface area contributed by atoms with Gasteiger partial charge in [-0.05, 0) is 24.2 Å². The van der Waals surface area contributed by atoms with E-state index in [1.165, 1.54) is 0 Å². The summed E-state index contributed by atoms with van der Waals surface area (Å²) in [5.41, 5.74) is 0. The highest BCUT2D eigenvalue weighted by Gasteiger charge is 2.28. The molecule has 0 aromatic heterocycles. The van der Waals surface area contributed by atoms with Gasteiger partial charge in [-0.2, -0.15) is 0 Å². The van der Waals surface area contributed by atoms with E-state index in [1.54, 1.807) is 0 Å². The van der Waals surface area contributed by atoms with Crippen molar-refractivity contribution in [3.8, 4) is 0 Å². The second kappa shape index (κ2) is 6.39. The Morgan fingerprint density at radius 3 is 2.59 bits per heavy atom. The van der Waals surface area contributed by atoms with Crippen LogP contribution in [0.1, 0.15) is 47.0 Å². The highest BCUT2D eigenvalue weighted by atomic mass is 16.3. The summed E-state index contributed by atoms with van der Waals surface area (Å²) in [5, 5.41) is 9.80. The van der Waals surface area contributed by atoms with Gasteiger partial charge in [-0.15, -0.1) is 0 Å². The van der Waals surface area contributed by atoms with E-state index in [9.17, 15) is 9.90 Å². The monoisotopic (exact) mass is 241 g/mol. The molecule has 1 aliphatic heterocycles. The van der Waals surface area contributed by atoms with Crippen LogP contribution in [0.4, 0.5) is 0 Å². The third kappa shape index (κ3) is 3.98. The molecule has 1 saturated heterocycles. The quantitative estimate of drug-likeness (QED) is 0.820. The van der Waals surface area contributed by atoms with Gasteiger partial charge in [0.05, 0.1) is 6.10 Å². The Morgan fingerprint density at radius 1 is 1.47 bits per heavy atom. The van der Waals surface area contributed by atoms with Crippen LogP contribution in [-0.2, 0) is 4.79 Å². The Morgan fingerprint density at radius 2 is 2.12 bits per heavy atom. The molecule has 1 heterocycles. The maximum atomic E-state index is 12.1. The zero-order chi connectivity index (χ0) is 13.0. The second-order valence-electron chi connectivity index (χ2n) is 5.79. The van der Waals surface area contributed by atoms with Crippen molar-refractivity contribution in [3.63, 3.8) is 0 Å². The Hall–Kier alpha value is -0.570. The van der Waals surface area contributed by atoms with Crippen molar-refractivity contribution >= 4 is 5.91 Å². The van der Waals surface area contributed by atoms with Crippen molar-refractivity contribution in [2.75, 3.05) is 13.1 Å². The second-order valence-corrected chi connectivity index (χ2v) is 5.79. The summed E-state index contributed by atoms with van der Waals surface area (Å²) < 4.78 is 0. The summed E-state index contributed by atoms with van der Waals surface area (Å²) in [6.07, 6.45) is 2.27. The topological polar surface area (TPSA) is 40.5 Å². The predicted molar refractivity (Wildman–Crippen MR) is 69.6 cm³/mol. The van der Waals surface area contributed by atoms with Crippen molar-refractivity contribution in [1.82, 2.24) is 4.90 Å². The van der Waals surface area contributed by atoms with E-state index in [-0.39, 0.29) is 12.0 Å². The number of carbonyl (C=O) groups is 1. The van der Waals surface area contributed by atoms with Gasteiger partial charge >= 0.3 is 0 Å². The maximum Gasteiger partial charge on any atom is 0.222 e. The van der Waals surface area contributed by atoms with Crippen LogP contribution >= 0.6 is 0 Å². The van der Waals surface area contributed by atoms with E-state index >= 15 is 0 Å². The van der Waals surface area contributed by atoms with Crippen molar-refractivity contribution < 1.29 is 9.90 Å². The zero-order valence-electron chi connectivity index (χ0n) is 11.6. The molecule has 3 atom stereocenters. The lowest BCUT2D eigenvalue weighted by molar-refractivity contribution is -0.136. The molecule has 0 bridgehead atoms. The molecule has 1 N–H and O–H groups in total. The summed E-state index contributed by atoms with van der Waals surface area (Å²) in [6, 6.07) is 0. The van der Waals surface area contributed by atoms with Gasteiger partial charge in [0.15, 0.2) is 0 Å². The first-order valence-electron chi connectivity index (χ1n) is 6.91. The van der Waals surface area contributed by atoms with Crippen LogP contribution in [0.15, 0.2) is 0 Å². The number of carbonyl (C=O) groups excluding carboxylic acids is 1. The van der Waals surface area contributed by atoms with Crippen LogP contribution in [-0.4, -0.2) is 35.1 Å². The highest BCUT2D eigenvalue weighted by Crippen LogP contribution is 2.23. The van der Waals surface area contributed by atoms with Crippen LogP contribution in [0.3, 0.4) is 0 Å². The number of hydrogen-bond acceptors (Lipinski definition) is 2. The summed E-state index contributed by atoms with van der Waals surface area (Å²) in [4.78, 5) is 14.0. The summed E-state index contributed by atoms with van der Waals surface area (Å²) in [7, 11) is 0. The smallest absolute Gasteiger partial charge is 0.222 e. The first-order valence-corrected chi connectivity index (χ1v) is 6.91. The number of β-amino-alcohol motifs (C(OH)–C–C–N with tert-alkyl or cyclic N) is 1. The van der Waals surface area contributed by atoms with Crippen LogP contribution in [0.5, 0.6) is 0 Å². The number of likely N-dealkylation sites (tertiary alicyclic amines) is 1. The molecule has 0 spiro atoms. The van der Waals surface area contributed by atoms with Crippen LogP contribution in [0.2, 0.25) is 0 Å². The third-order valence-corrected chi connectivity index (χ3v) is 4.18. The van der Waals surface area contributed by atoms with Gasteiger partial charge in [-0.1, -0.05) is 34.1 Å². The van der Waals surface area contributed by atoms with Gasteiger partial charge in [-0.3, -0.25) is 4.79 Å². The molecule has 3 unspecified atom stereocenters. The number of nitrogens with zero attached hydrogens (tertiary/aromatic N) is 1. The number of aliphatic hydroxyl groups excluding tert-OH is 1. The Kier molecular flexibility index (Phi) is 5.44. The van der Waals surface area contributed by atoms with Gasteiger partial charge in [-0.25, -0.2) is 0 Å². The number of rotatable bonds is 4. The molecule has 0 radical (unpaired) electrons. The minimum absolute atomic E-state index is 0.219. The van der Waals surface area contributed by atoms with Crippen molar-refractivity contribution in [3.05, 3.63) is 0 Å². The standard InChI is InChI=1S/C14H27NO2/c1-5-12(10(2)3)8-14(17)15-7-6-11(4)13(16)9-15/h10-13,16H,5-9H2,1-4H3. The number of amides is 1. The molecule has 17 heavy (non-hydrogen) atoms. The number of piperidine rings is 1. The summed E-state index contributed by atoms with van der Waals surface area (Å²) >= 11 is 0. The molecule has 0 aliphatic carbocycles. The van der Waals surface area contributed by atoms with Gasteiger partial charge in [0.25, 0.3) is 0 Å². The minimum Gasteiger partial charge on any atom is -0.391 e. The normalized spacial score (nSPS) is 27.3. The molecule has 3 heteroatoms. The molecule has 0 aromatic rings. The van der Waals surface area contributed by atoms with E-state index in [4.69, 9.17) is 0 Å². The fourth-order valence-electron chi connectivity index (χ4n) is 2.48. The van der Waals surface area contributed by atoms with E-state index in [1.807, 2.05) is 4.90 Å². The molecule has 1 fully saturated rings. The average molecular weight is 241 g/mol. The molecule has 0 saturated carbocycles. The minimum atomic E-state index is -0.341. The molecule has 100 valence electrons. The van der Waals surface area contributed by atoms with E-state index in [2.05, 4.69) is 27.7 Å². The van der Waals surface area contributed by atoms with Crippen LogP contribution in [0, 0.1) is 17.8 Å². The van der Waals surface area contributed by atoms with Crippen LogP contribution < -0.4 is 0 Å². The fraction of sp³-hybridized carbons (Fsp3) is 0.929. The molecule has 1 aliphatic rings. The first-order chi connectivity index (χ1) is 7.95. The van der Waals surface area contributed by atoms with E-state index in [0.717, 1.165) is 19.4 Å². The maximum absolute atomic E-state index is 12.1. The number of aliphatic hydroxyl groups is 1. The highest BCUT2D eigenvalue weighted by molar-refractivity contribution is 5.76. The molecular formula is C14H27NO2. The van der Waals surface area contributed by atoms with Gasteiger partial charge in [0, 0.05) is 19.5 Å². The van der Waals surface area contributed by atoms with Gasteiger partial charge in [0.1, 0.15) is 0 Å². The predicted octanol–water partition coefficient (Wildman–Crippen LogP) is 2.29. The molecular weight excluding hydrogens is 214 g/mol. The molecule has 1 rings (SSSR count). The SMILES string of the molecule is CCC(CC(=O)N1CCC(C)C(O)C1)C(C)C. The lowest BCUT2D eigenvalue weighted by Gasteiger charge is -2.35. The average Bonchev–Trinajstić information content (AvgIpc) is 2.28. The summed E-state index contributed by atoms with van der Waals surface area (Å²) in [6.45, 7) is 9.88. The van der Waals surface area contributed by atoms with Crippen molar-refractivity contribution in [2.24, 2.45) is 17.8 Å². The van der Waals surface area contributed by atoms with Crippen molar-refractivity contribution in [1.29, 1.82) is 0 Å². The Bertz CT molecular complexity index is 253. The molecule has 0 aromatic carbocycles. The first kappa shape index (κ1) is 14.5. The molecule has 3 nitrogen and oxygen atoms in total. The van der Waals surface area contributed by atoms with Gasteiger partial charge < -0.3 is 10.0 Å². The van der Waals surface area contributed by atoms with Gasteiger partial charge in [0.2, 0.25) is 5.91 Å². The largest absolute Gasteiger partial charge is 0.391 e. The summed E-state index contributed by atoms with van der Waals surface area (Å²) in [5.74, 6) is 1.57. The lowest BCUT2D eigenvalue weighted by Crippen LogP contribution is -2.46. The van der Waals surface area contributed by atoms with Crippen LogP contribution in [0.25, 0.3) is 0 Å². The lowest BCUT2D eigenvalue weighted by atomic mass is 9.89. The van der Waals surface area contributed by atoms with E-state index in [0.29, 0.717) is 30.7 Å². The zero-order valence-corrected chi connectivity index (χ0v) is 11.6. The molecule has 1 amide bonds. The third-order valence-electron chi connectivity index (χ3n) is 4.18. The Labute approximate surface area is 105 Å².